The summed E-state index contributed by atoms with van der Waals surface area (Å²) in [7, 11) is 0. The van der Waals surface area contributed by atoms with Crippen molar-refractivity contribution in [1.29, 1.82) is 0 Å². The van der Waals surface area contributed by atoms with Gasteiger partial charge in [0, 0.05) is 11.6 Å². The zero-order valence-electron chi connectivity index (χ0n) is 17.8. The number of benzene rings is 2. The lowest BCUT2D eigenvalue weighted by Gasteiger charge is -2.38. The number of hydrogen-bond acceptors (Lipinski definition) is 4. The number of amides is 1. The minimum absolute atomic E-state index is 0.212. The maximum Gasteiger partial charge on any atom is 0.321 e. The fourth-order valence-electron chi connectivity index (χ4n) is 4.24. The Kier molecular flexibility index (Phi) is 6.28. The number of halogens is 1. The van der Waals surface area contributed by atoms with Crippen LogP contribution in [-0.2, 0) is 14.3 Å². The maximum atomic E-state index is 13.7. The highest BCUT2D eigenvalue weighted by Gasteiger charge is 2.47. The summed E-state index contributed by atoms with van der Waals surface area (Å²) in [5, 5.41) is 0.593. The molecule has 0 radical (unpaired) electrons. The zero-order chi connectivity index (χ0) is 22.0. The third kappa shape index (κ3) is 3.92. The third-order valence-corrected chi connectivity index (χ3v) is 5.93. The topological polar surface area (TPSA) is 64.4 Å². The number of aromatic nitrogens is 2. The molecule has 0 spiro atoms. The van der Waals surface area contributed by atoms with Gasteiger partial charge in [-0.05, 0) is 43.2 Å². The molecule has 2 atom stereocenters. The van der Waals surface area contributed by atoms with E-state index in [0.29, 0.717) is 17.5 Å². The number of rotatable bonds is 7. The Morgan fingerprint density at radius 1 is 1.10 bits per heavy atom. The summed E-state index contributed by atoms with van der Waals surface area (Å²) in [4.78, 5) is 33.2. The van der Waals surface area contributed by atoms with Gasteiger partial charge in [0.05, 0.1) is 23.7 Å². The Labute approximate surface area is 186 Å². The summed E-state index contributed by atoms with van der Waals surface area (Å²) in [6.45, 7) is 4.59. The quantitative estimate of drug-likeness (QED) is 0.295. The molecule has 2 heterocycles. The van der Waals surface area contributed by atoms with Crippen LogP contribution in [0.2, 0.25) is 5.02 Å². The first kappa shape index (κ1) is 21.4. The van der Waals surface area contributed by atoms with E-state index in [9.17, 15) is 9.59 Å². The van der Waals surface area contributed by atoms with Crippen LogP contribution in [0.1, 0.15) is 44.7 Å². The van der Waals surface area contributed by atoms with E-state index in [1.807, 2.05) is 41.0 Å². The lowest BCUT2D eigenvalue weighted by molar-refractivity contribution is -0.153. The van der Waals surface area contributed by atoms with Crippen molar-refractivity contribution in [3.05, 3.63) is 59.1 Å². The van der Waals surface area contributed by atoms with Crippen molar-refractivity contribution < 1.29 is 14.3 Å². The van der Waals surface area contributed by atoms with Gasteiger partial charge in [-0.25, -0.2) is 4.98 Å². The fraction of sp³-hybridized carbons (Fsp3) is 0.375. The molecule has 6 nitrogen and oxygen atoms in total. The van der Waals surface area contributed by atoms with Crippen molar-refractivity contribution in [3.8, 4) is 0 Å². The van der Waals surface area contributed by atoms with E-state index in [-0.39, 0.29) is 12.5 Å². The van der Waals surface area contributed by atoms with Crippen LogP contribution in [0.4, 0.5) is 5.95 Å². The molecule has 1 aromatic heterocycles. The second kappa shape index (κ2) is 9.10. The van der Waals surface area contributed by atoms with Crippen LogP contribution in [0, 0.1) is 5.92 Å². The molecule has 0 saturated carbocycles. The highest BCUT2D eigenvalue weighted by Crippen LogP contribution is 2.41. The van der Waals surface area contributed by atoms with Gasteiger partial charge in [-0.1, -0.05) is 55.6 Å². The van der Waals surface area contributed by atoms with Crippen molar-refractivity contribution in [3.63, 3.8) is 0 Å². The van der Waals surface area contributed by atoms with Gasteiger partial charge in [0.15, 0.2) is 5.92 Å². The van der Waals surface area contributed by atoms with Gasteiger partial charge in [0.25, 0.3) is 0 Å². The summed E-state index contributed by atoms with van der Waals surface area (Å²) < 4.78 is 7.37. The van der Waals surface area contributed by atoms with Crippen molar-refractivity contribution in [1.82, 2.24) is 9.55 Å². The normalized spacial score (nSPS) is 18.3. The number of anilines is 1. The van der Waals surface area contributed by atoms with E-state index in [1.165, 1.54) is 0 Å². The number of carbonyl (C=O) groups is 2. The smallest absolute Gasteiger partial charge is 0.321 e. The van der Waals surface area contributed by atoms with Crippen molar-refractivity contribution in [2.45, 2.75) is 39.2 Å². The van der Waals surface area contributed by atoms with E-state index in [0.717, 1.165) is 35.9 Å². The van der Waals surface area contributed by atoms with Crippen LogP contribution < -0.4 is 4.90 Å². The van der Waals surface area contributed by atoms with Gasteiger partial charge < -0.3 is 9.30 Å². The molecule has 0 N–H and O–H groups in total. The summed E-state index contributed by atoms with van der Waals surface area (Å²) in [5.41, 5.74) is 2.47. The minimum atomic E-state index is -0.993. The molecular weight excluding hydrogens is 414 g/mol. The standard InChI is InChI=1S/C24H26ClN3O3/c1-3-5-8-15-27-22(29)20(23(30)31-4-2)21(16-11-13-17(25)14-12-16)28-19-10-7-6-9-18(19)26-24(27)28/h6-7,9-14,20-21H,3-5,8,15H2,1-2H3/t20-,21+/m1/s1. The van der Waals surface area contributed by atoms with E-state index in [2.05, 4.69) is 6.92 Å². The molecule has 1 aliphatic rings. The van der Waals surface area contributed by atoms with Crippen LogP contribution in [0.3, 0.4) is 0 Å². The van der Waals surface area contributed by atoms with Gasteiger partial charge in [-0.3, -0.25) is 14.5 Å². The van der Waals surface area contributed by atoms with Crippen molar-refractivity contribution in [2.24, 2.45) is 5.92 Å². The van der Waals surface area contributed by atoms with E-state index in [4.69, 9.17) is 21.3 Å². The summed E-state index contributed by atoms with van der Waals surface area (Å²) in [6, 6.07) is 14.5. The Balaban J connectivity index is 1.93. The highest BCUT2D eigenvalue weighted by molar-refractivity contribution is 6.30. The Morgan fingerprint density at radius 2 is 1.84 bits per heavy atom. The molecule has 4 rings (SSSR count). The van der Waals surface area contributed by atoms with Crippen LogP contribution >= 0.6 is 11.6 Å². The molecule has 3 aromatic rings. The largest absolute Gasteiger partial charge is 0.465 e. The second-order valence-electron chi connectivity index (χ2n) is 7.69. The number of fused-ring (bicyclic) bond motifs is 3. The number of para-hydroxylation sites is 2. The number of esters is 1. The lowest BCUT2D eigenvalue weighted by Crippen LogP contribution is -2.50. The first-order chi connectivity index (χ1) is 15.1. The van der Waals surface area contributed by atoms with Crippen LogP contribution in [0.15, 0.2) is 48.5 Å². The highest BCUT2D eigenvalue weighted by atomic mass is 35.5. The molecule has 31 heavy (non-hydrogen) atoms. The minimum Gasteiger partial charge on any atom is -0.465 e. The van der Waals surface area contributed by atoms with E-state index < -0.39 is 17.9 Å². The number of carbonyl (C=O) groups excluding carboxylic acids is 2. The van der Waals surface area contributed by atoms with Gasteiger partial charge in [0.2, 0.25) is 11.9 Å². The Hall–Kier alpha value is -2.86. The summed E-state index contributed by atoms with van der Waals surface area (Å²) in [6.07, 6.45) is 2.87. The first-order valence-electron chi connectivity index (χ1n) is 10.8. The van der Waals surface area contributed by atoms with Crippen LogP contribution in [-0.4, -0.2) is 34.6 Å². The predicted octanol–water partition coefficient (Wildman–Crippen LogP) is 5.00. The molecule has 162 valence electrons. The molecule has 0 bridgehead atoms. The molecule has 0 aliphatic carbocycles. The van der Waals surface area contributed by atoms with Gasteiger partial charge >= 0.3 is 5.97 Å². The fourth-order valence-corrected chi connectivity index (χ4v) is 4.37. The first-order valence-corrected chi connectivity index (χ1v) is 11.1. The zero-order valence-corrected chi connectivity index (χ0v) is 18.5. The maximum absolute atomic E-state index is 13.7. The Bertz CT molecular complexity index is 1090. The van der Waals surface area contributed by atoms with Crippen LogP contribution in [0.25, 0.3) is 11.0 Å². The summed E-state index contributed by atoms with van der Waals surface area (Å²) in [5.74, 6) is -1.20. The van der Waals surface area contributed by atoms with Gasteiger partial charge in [-0.15, -0.1) is 0 Å². The number of unbranched alkanes of at least 4 members (excludes halogenated alkanes) is 2. The monoisotopic (exact) mass is 439 g/mol. The molecule has 1 amide bonds. The van der Waals surface area contributed by atoms with Crippen LogP contribution in [0.5, 0.6) is 0 Å². The van der Waals surface area contributed by atoms with Crippen molar-refractivity contribution in [2.75, 3.05) is 18.1 Å². The molecule has 2 aromatic carbocycles. The average Bonchev–Trinajstić information content (AvgIpc) is 3.15. The predicted molar refractivity (Wildman–Crippen MR) is 121 cm³/mol. The molecule has 7 heteroatoms. The second-order valence-corrected chi connectivity index (χ2v) is 8.13. The van der Waals surface area contributed by atoms with E-state index in [1.54, 1.807) is 24.0 Å². The van der Waals surface area contributed by atoms with Gasteiger partial charge in [0.1, 0.15) is 0 Å². The number of nitrogens with zero attached hydrogens (tertiary/aromatic N) is 3. The van der Waals surface area contributed by atoms with Gasteiger partial charge in [-0.2, -0.15) is 0 Å². The average molecular weight is 440 g/mol. The summed E-state index contributed by atoms with van der Waals surface area (Å²) >= 11 is 6.11. The lowest BCUT2D eigenvalue weighted by atomic mass is 9.89. The molecular formula is C24H26ClN3O3. The number of hydrogen-bond donors (Lipinski definition) is 0. The molecule has 0 unspecified atom stereocenters. The molecule has 0 fully saturated rings. The molecule has 1 aliphatic heterocycles. The number of imidazole rings is 1. The molecule has 0 saturated heterocycles. The van der Waals surface area contributed by atoms with E-state index >= 15 is 0 Å². The number of ether oxygens (including phenoxy) is 1. The van der Waals surface area contributed by atoms with Crippen molar-refractivity contribution >= 4 is 40.5 Å². The Morgan fingerprint density at radius 3 is 2.55 bits per heavy atom. The third-order valence-electron chi connectivity index (χ3n) is 5.68. The SMILES string of the molecule is CCCCCN1C(=O)[C@H](C(=O)OCC)[C@H](c2ccc(Cl)cc2)n2c1nc1ccccc12.